The highest BCUT2D eigenvalue weighted by molar-refractivity contribution is 7.45. The number of nitrogens with one attached hydrogen (secondary N) is 1. The molecule has 0 saturated heterocycles. The van der Waals surface area contributed by atoms with E-state index in [0.29, 0.717) is 23.9 Å². The molecule has 472 valence electrons. The zero-order valence-corrected chi connectivity index (χ0v) is 54.8. The Morgan fingerprint density at radius 1 is 0.439 bits per heavy atom. The lowest BCUT2D eigenvalue weighted by Gasteiger charge is -2.29. The fourth-order valence-electron chi connectivity index (χ4n) is 9.44. The van der Waals surface area contributed by atoms with Crippen LogP contribution in [0.5, 0.6) is 0 Å². The van der Waals surface area contributed by atoms with Crippen LogP contribution in [-0.2, 0) is 18.4 Å². The molecule has 0 spiro atoms. The van der Waals surface area contributed by atoms with Gasteiger partial charge in [-0.25, -0.2) is 0 Å². The minimum atomic E-state index is -4.62. The molecule has 0 heterocycles. The molecule has 0 fully saturated rings. The third-order valence-electron chi connectivity index (χ3n) is 14.7. The monoisotopic (exact) mass is 1160 g/mol. The third kappa shape index (κ3) is 64.5. The molecule has 0 aliphatic carbocycles. The lowest BCUT2D eigenvalue weighted by molar-refractivity contribution is -0.870. The van der Waals surface area contributed by atoms with Gasteiger partial charge in [0.05, 0.1) is 39.9 Å². The van der Waals surface area contributed by atoms with Crippen LogP contribution in [0.15, 0.2) is 122 Å². The van der Waals surface area contributed by atoms with Crippen LogP contribution in [0, 0.1) is 0 Å². The van der Waals surface area contributed by atoms with Crippen molar-refractivity contribution in [2.45, 2.75) is 296 Å². The Hall–Kier alpha value is -3.10. The van der Waals surface area contributed by atoms with Crippen molar-refractivity contribution in [3.8, 4) is 0 Å². The highest BCUT2D eigenvalue weighted by atomic mass is 31.2. The van der Waals surface area contributed by atoms with Gasteiger partial charge in [-0.15, -0.1) is 0 Å². The van der Waals surface area contributed by atoms with E-state index in [1.54, 1.807) is 6.08 Å². The Morgan fingerprint density at radius 2 is 0.744 bits per heavy atom. The predicted octanol–water partition coefficient (Wildman–Crippen LogP) is 21.0. The Morgan fingerprint density at radius 3 is 1.09 bits per heavy atom. The van der Waals surface area contributed by atoms with Gasteiger partial charge in [-0.3, -0.25) is 9.36 Å². The highest BCUT2D eigenvalue weighted by Gasteiger charge is 2.23. The molecule has 0 bridgehead atoms. The van der Waals surface area contributed by atoms with Gasteiger partial charge in [0.15, 0.2) is 0 Å². The van der Waals surface area contributed by atoms with E-state index in [-0.39, 0.29) is 12.5 Å². The number of carbonyl (C=O) groups excluding carboxylic acids is 1. The van der Waals surface area contributed by atoms with Gasteiger partial charge >= 0.3 is 0 Å². The van der Waals surface area contributed by atoms with Crippen molar-refractivity contribution >= 4 is 13.7 Å². The summed E-state index contributed by atoms with van der Waals surface area (Å²) in [5.74, 6) is -0.231. The van der Waals surface area contributed by atoms with Crippen LogP contribution in [0.1, 0.15) is 284 Å². The molecule has 3 unspecified atom stereocenters. The first-order valence-electron chi connectivity index (χ1n) is 33.9. The summed E-state index contributed by atoms with van der Waals surface area (Å²) in [5.41, 5.74) is 0. The number of hydrogen-bond donors (Lipinski definition) is 2. The number of quaternary nitrogens is 1. The van der Waals surface area contributed by atoms with Gasteiger partial charge in [-0.2, -0.15) is 0 Å². The Kier molecular flexibility index (Phi) is 60.1. The zero-order chi connectivity index (χ0) is 59.8. The number of hydrogen-bond acceptors (Lipinski definition) is 6. The minimum Gasteiger partial charge on any atom is -0.756 e. The van der Waals surface area contributed by atoms with E-state index in [4.69, 9.17) is 9.05 Å². The van der Waals surface area contributed by atoms with Gasteiger partial charge in [-0.1, -0.05) is 309 Å². The summed E-state index contributed by atoms with van der Waals surface area (Å²) in [5, 5.41) is 13.9. The molecule has 8 nitrogen and oxygen atoms in total. The van der Waals surface area contributed by atoms with Crippen LogP contribution in [0.25, 0.3) is 0 Å². The zero-order valence-electron chi connectivity index (χ0n) is 53.9. The second kappa shape index (κ2) is 62.4. The number of unbranched alkanes of at least 4 members (excludes halogenated alkanes) is 30. The quantitative estimate of drug-likeness (QED) is 0.0272. The van der Waals surface area contributed by atoms with Gasteiger partial charge in [0.2, 0.25) is 5.91 Å². The first-order chi connectivity index (χ1) is 40.0. The summed E-state index contributed by atoms with van der Waals surface area (Å²) in [4.78, 5) is 25.6. The first-order valence-corrected chi connectivity index (χ1v) is 35.4. The summed E-state index contributed by atoms with van der Waals surface area (Å²) >= 11 is 0. The molecule has 9 heteroatoms. The van der Waals surface area contributed by atoms with Gasteiger partial charge in [-0.05, 0) is 89.9 Å². The van der Waals surface area contributed by atoms with E-state index in [1.165, 1.54) is 161 Å². The van der Waals surface area contributed by atoms with Gasteiger partial charge in [0.25, 0.3) is 7.82 Å². The number of phosphoric ester groups is 1. The Balaban J connectivity index is 4.23. The van der Waals surface area contributed by atoms with Crippen LogP contribution < -0.4 is 10.2 Å². The SMILES string of the molecule is CC/C=C\C/C=C\C/C=C\C/C=C\C/C=C\C/C=C\C/C=C\C/C=C\C/C=C\CCCCCC(=O)NC(COP(=O)([O-])OCC[N+](C)(C)C)C(O)/C=C/CCCCCCCCCCCCCCCCCCCCCCCCCCCCC. The summed E-state index contributed by atoms with van der Waals surface area (Å²) in [7, 11) is 1.23. The summed E-state index contributed by atoms with van der Waals surface area (Å²) in [6, 6.07) is -0.916. The molecule has 0 aromatic rings. The van der Waals surface area contributed by atoms with E-state index < -0.39 is 26.6 Å². The summed E-state index contributed by atoms with van der Waals surface area (Å²) in [6.07, 6.45) is 93.1. The highest BCUT2D eigenvalue weighted by Crippen LogP contribution is 2.38. The van der Waals surface area contributed by atoms with Crippen LogP contribution in [-0.4, -0.2) is 68.5 Å². The van der Waals surface area contributed by atoms with Crippen molar-refractivity contribution < 1.29 is 32.9 Å². The Bertz CT molecular complexity index is 1750. The summed E-state index contributed by atoms with van der Waals surface area (Å²) in [6.45, 7) is 4.52. The van der Waals surface area contributed by atoms with Crippen molar-refractivity contribution in [2.24, 2.45) is 0 Å². The standard InChI is InChI=1S/C73H129N2O6P/c1-6-8-10-12-14-16-18-20-22-24-26-28-30-32-34-36-37-39-41-43-45-47-49-51-53-55-57-59-61-63-65-67-73(77)74-71(70-81-82(78,79)80-69-68-75(3,4)5)72(76)66-64-62-60-58-56-54-52-50-48-46-44-42-40-38-35-33-31-29-27-25-23-21-19-17-15-13-11-9-7-2/h8,10,14,16,20,22,26,28,32,34,37,39,43,45,49,51,55,57,64,66,71-72,76H,6-7,9,11-13,15,17-19,21,23-25,27,29-31,33,35-36,38,40-42,44,46-48,50,52-54,56,58-63,65,67-70H2,1-5H3,(H-,74,77,78,79)/b10-8-,16-14-,22-20-,28-26-,34-32-,39-37-,45-43-,51-49-,57-55-,66-64+. The molecule has 0 aliphatic rings. The molecule has 0 aliphatic heterocycles. The maximum Gasteiger partial charge on any atom is 0.268 e. The smallest absolute Gasteiger partial charge is 0.268 e. The molecule has 0 radical (unpaired) electrons. The predicted molar refractivity (Wildman–Crippen MR) is 357 cm³/mol. The average Bonchev–Trinajstić information content (AvgIpc) is 3.47. The minimum absolute atomic E-state index is 0.0141. The number of phosphoric acid groups is 1. The number of aliphatic hydroxyl groups excluding tert-OH is 1. The van der Waals surface area contributed by atoms with Gasteiger partial charge in [0, 0.05) is 6.42 Å². The van der Waals surface area contributed by atoms with Crippen molar-refractivity contribution in [1.29, 1.82) is 0 Å². The van der Waals surface area contributed by atoms with Gasteiger partial charge < -0.3 is 28.8 Å². The summed E-state index contributed by atoms with van der Waals surface area (Å²) < 4.78 is 23.4. The van der Waals surface area contributed by atoms with Crippen LogP contribution >= 0.6 is 7.82 Å². The molecule has 3 atom stereocenters. The molecule has 0 aromatic carbocycles. The molecule has 2 N–H and O–H groups in total. The molecular formula is C73H129N2O6P. The van der Waals surface area contributed by atoms with E-state index in [0.717, 1.165) is 96.3 Å². The fraction of sp³-hybridized carbons (Fsp3) is 0.712. The molecule has 0 saturated carbocycles. The maximum atomic E-state index is 13.0. The first kappa shape index (κ1) is 78.9. The van der Waals surface area contributed by atoms with Crippen molar-refractivity contribution in [2.75, 3.05) is 40.9 Å². The van der Waals surface area contributed by atoms with Gasteiger partial charge in [0.1, 0.15) is 13.2 Å². The molecule has 0 aromatic heterocycles. The largest absolute Gasteiger partial charge is 0.756 e. The van der Waals surface area contributed by atoms with Crippen molar-refractivity contribution in [3.63, 3.8) is 0 Å². The molecule has 1 amide bonds. The second-order valence-corrected chi connectivity index (χ2v) is 25.2. The normalized spacial score (nSPS) is 14.5. The molecular weight excluding hydrogens is 1030 g/mol. The topological polar surface area (TPSA) is 108 Å². The number of aliphatic hydroxyl groups is 1. The fourth-order valence-corrected chi connectivity index (χ4v) is 10.2. The number of amides is 1. The van der Waals surface area contributed by atoms with E-state index in [2.05, 4.69) is 129 Å². The number of allylic oxidation sites excluding steroid dienone is 19. The maximum absolute atomic E-state index is 13.0. The second-order valence-electron chi connectivity index (χ2n) is 23.8. The number of rotatable bonds is 61. The van der Waals surface area contributed by atoms with E-state index in [1.807, 2.05) is 27.2 Å². The van der Waals surface area contributed by atoms with Crippen LogP contribution in [0.3, 0.4) is 0 Å². The number of likely N-dealkylation sites (N-methyl/N-ethyl adjacent to an activating group) is 1. The average molecular weight is 1160 g/mol. The molecule has 82 heavy (non-hydrogen) atoms. The molecule has 0 rings (SSSR count). The van der Waals surface area contributed by atoms with Crippen molar-refractivity contribution in [3.05, 3.63) is 122 Å². The van der Waals surface area contributed by atoms with E-state index in [9.17, 15) is 19.4 Å². The lowest BCUT2D eigenvalue weighted by atomic mass is 10.0. The van der Waals surface area contributed by atoms with E-state index >= 15 is 0 Å². The van der Waals surface area contributed by atoms with Crippen LogP contribution in [0.2, 0.25) is 0 Å². The third-order valence-corrected chi connectivity index (χ3v) is 15.6. The van der Waals surface area contributed by atoms with Crippen LogP contribution in [0.4, 0.5) is 0 Å². The lowest BCUT2D eigenvalue weighted by Crippen LogP contribution is -2.45. The van der Waals surface area contributed by atoms with Crippen molar-refractivity contribution in [1.82, 2.24) is 5.32 Å². The number of carbonyl (C=O) groups is 1. The number of nitrogens with zero attached hydrogens (tertiary/aromatic N) is 1. The Labute approximate surface area is 507 Å².